The maximum atomic E-state index is 10.0. The van der Waals surface area contributed by atoms with E-state index in [2.05, 4.69) is 24.2 Å². The Morgan fingerprint density at radius 3 is 2.79 bits per heavy atom. The zero-order valence-corrected chi connectivity index (χ0v) is 8.52. The van der Waals surface area contributed by atoms with E-state index in [1.54, 1.807) is 0 Å². The van der Waals surface area contributed by atoms with Crippen LogP contribution in [0.1, 0.15) is 27.2 Å². The Morgan fingerprint density at radius 1 is 1.57 bits per heavy atom. The van der Waals surface area contributed by atoms with Crippen LogP contribution in [0.5, 0.6) is 0 Å². The minimum atomic E-state index is -0.782. The van der Waals surface area contributed by atoms with Gasteiger partial charge in [0.25, 0.3) is 0 Å². The van der Waals surface area contributed by atoms with Crippen molar-refractivity contribution in [2.45, 2.75) is 27.2 Å². The van der Waals surface area contributed by atoms with E-state index >= 15 is 0 Å². The summed E-state index contributed by atoms with van der Waals surface area (Å²) in [7, 11) is 0. The van der Waals surface area contributed by atoms with Crippen LogP contribution < -0.4 is 0 Å². The van der Waals surface area contributed by atoms with Gasteiger partial charge in [0.15, 0.2) is 10.9 Å². The van der Waals surface area contributed by atoms with Gasteiger partial charge in [0, 0.05) is 6.42 Å². The molecule has 76 valence electrons. The predicted molar refractivity (Wildman–Crippen MR) is 52.1 cm³/mol. The summed E-state index contributed by atoms with van der Waals surface area (Å²) in [6, 6.07) is 0. The third kappa shape index (κ3) is 2.48. The van der Waals surface area contributed by atoms with Gasteiger partial charge in [-0.15, -0.1) is 0 Å². The van der Waals surface area contributed by atoms with Crippen LogP contribution in [0, 0.1) is 16.0 Å². The Hall–Kier alpha value is -1.52. The average Bonchev–Trinajstić information content (AvgIpc) is 2.09. The van der Waals surface area contributed by atoms with Crippen LogP contribution in [0.25, 0.3) is 0 Å². The number of allylic oxidation sites excluding steroid dienone is 4. The van der Waals surface area contributed by atoms with E-state index in [0.29, 0.717) is 11.6 Å². The molecule has 0 bridgehead atoms. The number of nitro groups is 1. The molecular formula is C9H13N3O2. The van der Waals surface area contributed by atoms with Gasteiger partial charge in [0.2, 0.25) is 0 Å². The maximum absolute atomic E-state index is 10.0. The van der Waals surface area contributed by atoms with Gasteiger partial charge in [-0.25, -0.2) is 0 Å². The second-order valence-corrected chi connectivity index (χ2v) is 3.55. The second kappa shape index (κ2) is 4.13. The molecule has 0 N–H and O–H groups in total. The molecule has 14 heavy (non-hydrogen) atoms. The Bertz CT molecular complexity index is 342. The number of nitrogens with zero attached hydrogens (tertiary/aromatic N) is 3. The van der Waals surface area contributed by atoms with Crippen molar-refractivity contribution in [3.05, 3.63) is 33.0 Å². The lowest BCUT2D eigenvalue weighted by Gasteiger charge is -2.15. The van der Waals surface area contributed by atoms with Crippen LogP contribution in [0.3, 0.4) is 0 Å². The lowest BCUT2D eigenvalue weighted by Crippen LogP contribution is -2.04. The van der Waals surface area contributed by atoms with Crippen molar-refractivity contribution in [3.8, 4) is 0 Å². The van der Waals surface area contributed by atoms with Crippen molar-refractivity contribution >= 4 is 0 Å². The Kier molecular flexibility index (Phi) is 3.11. The molecule has 0 heterocycles. The Morgan fingerprint density at radius 2 is 2.21 bits per heavy atom. The van der Waals surface area contributed by atoms with Gasteiger partial charge < -0.3 is 10.1 Å². The predicted octanol–water partition coefficient (Wildman–Crippen LogP) is 2.89. The highest BCUT2D eigenvalue weighted by atomic mass is 16.7. The summed E-state index contributed by atoms with van der Waals surface area (Å²) in [6.07, 6.45) is 2.73. The maximum Gasteiger partial charge on any atom is 0.184 e. The summed E-state index contributed by atoms with van der Waals surface area (Å²) in [5.41, 5.74) is 2.95. The number of hydrogen-bond acceptors (Lipinski definition) is 3. The molecule has 0 aromatic rings. The molecule has 0 aliphatic heterocycles. The first kappa shape index (κ1) is 10.6. The third-order valence-corrected chi connectivity index (χ3v) is 2.41. The first-order valence-electron chi connectivity index (χ1n) is 4.44. The molecule has 1 unspecified atom stereocenters. The van der Waals surface area contributed by atoms with Crippen LogP contribution in [0.15, 0.2) is 33.3 Å². The molecule has 1 aliphatic carbocycles. The highest BCUT2D eigenvalue weighted by Crippen LogP contribution is 2.29. The smallest absolute Gasteiger partial charge is 0.184 e. The molecule has 0 aromatic carbocycles. The molecular weight excluding hydrogens is 182 g/mol. The Labute approximate surface area is 82.3 Å². The molecule has 0 aromatic heterocycles. The quantitative estimate of drug-likeness (QED) is 0.386. The summed E-state index contributed by atoms with van der Waals surface area (Å²) in [5.74, 6) is 0.388. The standard InChI is InChI=1S/C9H13N3O2/c1-6-4-8(3)9(5-7(6)2)10-11-12(13)14/h4,7H,5H2,1-3H3. The number of rotatable bonds is 2. The molecule has 0 amide bonds. The van der Waals surface area contributed by atoms with Gasteiger partial charge in [-0.1, -0.05) is 18.6 Å². The van der Waals surface area contributed by atoms with E-state index in [0.717, 1.165) is 12.0 Å². The zero-order chi connectivity index (χ0) is 10.7. The lowest BCUT2D eigenvalue weighted by molar-refractivity contribution is -0.494. The van der Waals surface area contributed by atoms with Crippen molar-refractivity contribution in [2.24, 2.45) is 16.3 Å². The van der Waals surface area contributed by atoms with Crippen LogP contribution in [-0.2, 0) is 0 Å². The molecule has 0 spiro atoms. The largest absolute Gasteiger partial charge is 0.337 e. The van der Waals surface area contributed by atoms with E-state index in [9.17, 15) is 10.1 Å². The van der Waals surface area contributed by atoms with Crippen LogP contribution in [0.4, 0.5) is 0 Å². The summed E-state index contributed by atoms with van der Waals surface area (Å²) in [4.78, 5) is 10.0. The summed E-state index contributed by atoms with van der Waals surface area (Å²) in [5, 5.41) is 15.7. The van der Waals surface area contributed by atoms with Crippen molar-refractivity contribution in [1.29, 1.82) is 0 Å². The average molecular weight is 195 g/mol. The molecule has 5 heteroatoms. The minimum absolute atomic E-state index is 0.388. The Balaban J connectivity index is 2.88. The molecule has 0 saturated heterocycles. The fourth-order valence-electron chi connectivity index (χ4n) is 1.39. The fourth-order valence-corrected chi connectivity index (χ4v) is 1.39. The zero-order valence-electron chi connectivity index (χ0n) is 8.52. The first-order chi connectivity index (χ1) is 6.50. The van der Waals surface area contributed by atoms with Crippen molar-refractivity contribution in [2.75, 3.05) is 0 Å². The lowest BCUT2D eigenvalue weighted by atomic mass is 9.89. The molecule has 0 radical (unpaired) electrons. The highest BCUT2D eigenvalue weighted by molar-refractivity contribution is 5.31. The van der Waals surface area contributed by atoms with Crippen molar-refractivity contribution in [3.63, 3.8) is 0 Å². The number of hydrogen-bond donors (Lipinski definition) is 0. The van der Waals surface area contributed by atoms with Crippen LogP contribution in [-0.4, -0.2) is 5.03 Å². The van der Waals surface area contributed by atoms with E-state index in [1.165, 1.54) is 5.57 Å². The van der Waals surface area contributed by atoms with Gasteiger partial charge in [0.1, 0.15) is 0 Å². The van der Waals surface area contributed by atoms with E-state index < -0.39 is 5.03 Å². The first-order valence-corrected chi connectivity index (χ1v) is 4.44. The molecule has 0 saturated carbocycles. The fraction of sp³-hybridized carbons (Fsp3) is 0.556. The molecule has 5 nitrogen and oxygen atoms in total. The van der Waals surface area contributed by atoms with Crippen molar-refractivity contribution < 1.29 is 5.03 Å². The SMILES string of the molecule is CC1=CC(C)=C(N=N[N+](=O)[O-])CC1C. The second-order valence-electron chi connectivity index (χ2n) is 3.55. The monoisotopic (exact) mass is 195 g/mol. The molecule has 1 aliphatic rings. The molecule has 1 atom stereocenters. The summed E-state index contributed by atoms with van der Waals surface area (Å²) in [6.45, 7) is 6.01. The minimum Gasteiger partial charge on any atom is -0.337 e. The summed E-state index contributed by atoms with van der Waals surface area (Å²) >= 11 is 0. The van der Waals surface area contributed by atoms with Gasteiger partial charge >= 0.3 is 0 Å². The summed E-state index contributed by atoms with van der Waals surface area (Å²) < 4.78 is 0. The highest BCUT2D eigenvalue weighted by Gasteiger charge is 2.19. The van der Waals surface area contributed by atoms with Gasteiger partial charge in [-0.05, 0) is 25.3 Å². The van der Waals surface area contributed by atoms with E-state index in [4.69, 9.17) is 0 Å². The van der Waals surface area contributed by atoms with Crippen LogP contribution in [0.2, 0.25) is 0 Å². The van der Waals surface area contributed by atoms with E-state index in [1.807, 2.05) is 13.0 Å². The topological polar surface area (TPSA) is 67.9 Å². The van der Waals surface area contributed by atoms with Gasteiger partial charge in [0.05, 0.1) is 10.1 Å². The van der Waals surface area contributed by atoms with E-state index in [-0.39, 0.29) is 0 Å². The van der Waals surface area contributed by atoms with Gasteiger partial charge in [-0.3, -0.25) is 0 Å². The molecule has 1 rings (SSSR count). The molecule has 0 fully saturated rings. The van der Waals surface area contributed by atoms with Gasteiger partial charge in [-0.2, -0.15) is 0 Å². The van der Waals surface area contributed by atoms with Crippen molar-refractivity contribution in [1.82, 2.24) is 0 Å². The normalized spacial score (nSPS) is 22.8. The van der Waals surface area contributed by atoms with Crippen LogP contribution >= 0.6 is 0 Å². The third-order valence-electron chi connectivity index (χ3n) is 2.41.